The van der Waals surface area contributed by atoms with Crippen molar-refractivity contribution in [1.82, 2.24) is 0 Å². The van der Waals surface area contributed by atoms with Gasteiger partial charge in [0.05, 0.1) is 12.2 Å². The Bertz CT molecular complexity index is 7780. The summed E-state index contributed by atoms with van der Waals surface area (Å²) >= 11 is 0. The van der Waals surface area contributed by atoms with Crippen LogP contribution < -0.4 is 18.9 Å². The molecule has 5 nitrogen and oxygen atoms in total. The Morgan fingerprint density at radius 1 is 0.231 bits per heavy atom. The molecule has 0 fully saturated rings. The van der Waals surface area contributed by atoms with Gasteiger partial charge in [-0.25, -0.2) is 79.0 Å². The van der Waals surface area contributed by atoms with Crippen LogP contribution in [-0.2, 0) is 38.9 Å². The Morgan fingerprint density at radius 3 is 1.01 bits per heavy atom. The summed E-state index contributed by atoms with van der Waals surface area (Å²) in [6, 6.07) is 48.8. The van der Waals surface area contributed by atoms with Crippen molar-refractivity contribution in [2.75, 3.05) is 0 Å². The van der Waals surface area contributed by atoms with Crippen molar-refractivity contribution in [3.8, 4) is 45.3 Å². The van der Waals surface area contributed by atoms with E-state index in [-0.39, 0.29) is 133 Å². The van der Waals surface area contributed by atoms with Gasteiger partial charge in [-0.3, -0.25) is 0 Å². The number of halogens is 20. The molecule has 18 aromatic rings. The quantitative estimate of drug-likeness (QED) is 0.112. The van der Waals surface area contributed by atoms with E-state index in [2.05, 4.69) is 6.92 Å². The van der Waals surface area contributed by atoms with Crippen molar-refractivity contribution in [2.24, 2.45) is 5.92 Å². The van der Waals surface area contributed by atoms with Gasteiger partial charge in [-0.05, 0) is 332 Å². The van der Waals surface area contributed by atoms with E-state index in [4.69, 9.17) is 23.4 Å². The molecule has 0 bridgehead atoms. The summed E-state index contributed by atoms with van der Waals surface area (Å²) < 4.78 is 301. The second-order valence-corrected chi connectivity index (χ2v) is 38.3. The summed E-state index contributed by atoms with van der Waals surface area (Å²) in [5.74, 6) is -10.7. The molecule has 23 rings (SSSR count). The maximum atomic E-state index is 14.1. The van der Waals surface area contributed by atoms with E-state index in [1.807, 2.05) is 51.1 Å². The molecule has 17 aromatic carbocycles. The van der Waals surface area contributed by atoms with E-state index in [0.29, 0.717) is 127 Å². The van der Waals surface area contributed by atoms with Gasteiger partial charge in [0.25, 0.3) is 0 Å². The lowest BCUT2D eigenvalue weighted by molar-refractivity contribution is 0.180. The molecule has 0 amide bonds. The Morgan fingerprint density at radius 2 is 0.578 bits per heavy atom. The van der Waals surface area contributed by atoms with Crippen LogP contribution in [0.5, 0.6) is 23.0 Å². The molecular weight excluding hydrogens is 1930 g/mol. The lowest BCUT2D eigenvalue weighted by Crippen LogP contribution is -2.20. The first-order chi connectivity index (χ1) is 69.7. The third-order valence-electron chi connectivity index (χ3n) is 27.4. The fourth-order valence-electron chi connectivity index (χ4n) is 18.6. The predicted octanol–water partition coefficient (Wildman–Crippen LogP) is 35.9. The average Bonchev–Trinajstić information content (AvgIpc) is 1.62. The number of aryl methyl sites for hydroxylation is 15. The van der Waals surface area contributed by atoms with Gasteiger partial charge in [0.1, 0.15) is 59.8 Å². The summed E-state index contributed by atoms with van der Waals surface area (Å²) in [7, 11) is 0. The first kappa shape index (κ1) is 107. The Balaban J connectivity index is 0.000000124. The number of furan rings is 1. The molecule has 5 aliphatic rings. The highest BCUT2D eigenvalue weighted by molar-refractivity contribution is 6.10. The van der Waals surface area contributed by atoms with Crippen molar-refractivity contribution in [2.45, 2.75) is 195 Å². The molecule has 0 N–H and O–H groups in total. The Hall–Kier alpha value is -14.4. The molecule has 0 spiro atoms. The summed E-state index contributed by atoms with van der Waals surface area (Å²) in [4.78, 5) is 0. The van der Waals surface area contributed by atoms with Crippen LogP contribution in [0.25, 0.3) is 98.1 Å². The highest BCUT2D eigenvalue weighted by Crippen LogP contribution is 2.46. The van der Waals surface area contributed by atoms with Crippen molar-refractivity contribution in [1.29, 1.82) is 0 Å². The summed E-state index contributed by atoms with van der Waals surface area (Å²) in [5, 5.41) is 5.18. The van der Waals surface area contributed by atoms with E-state index in [1.165, 1.54) is 52.0 Å². The van der Waals surface area contributed by atoms with Gasteiger partial charge in [0.15, 0.2) is 92.3 Å². The predicted molar refractivity (Wildman–Crippen MR) is 541 cm³/mol. The maximum absolute atomic E-state index is 14.1. The van der Waals surface area contributed by atoms with Crippen LogP contribution in [0.2, 0.25) is 0 Å². The van der Waals surface area contributed by atoms with Crippen molar-refractivity contribution < 1.29 is 111 Å². The zero-order valence-corrected chi connectivity index (χ0v) is 83.9. The van der Waals surface area contributed by atoms with E-state index >= 15 is 0 Å². The molecular formula is C122H104F20O5. The highest BCUT2D eigenvalue weighted by atomic mass is 19.2. The van der Waals surface area contributed by atoms with Gasteiger partial charge >= 0.3 is 0 Å². The van der Waals surface area contributed by atoms with E-state index in [9.17, 15) is 87.8 Å². The van der Waals surface area contributed by atoms with Crippen LogP contribution >= 0.6 is 0 Å². The smallest absolute Gasteiger partial charge is 0.201 e. The minimum absolute atomic E-state index is 0.0286. The number of rotatable bonds is 0. The van der Waals surface area contributed by atoms with Crippen molar-refractivity contribution >= 4 is 75.8 Å². The highest BCUT2D eigenvalue weighted by Gasteiger charge is 2.32. The molecule has 1 aliphatic carbocycles. The largest absolute Gasteiger partial charge is 0.487 e. The monoisotopic (exact) mass is 2030 g/mol. The van der Waals surface area contributed by atoms with Gasteiger partial charge in [0, 0.05) is 71.1 Å². The second kappa shape index (κ2) is 43.7. The normalized spacial score (nSPS) is 14.2. The number of fused-ring (bicyclic) bond motifs is 19. The molecule has 1 aromatic heterocycles. The lowest BCUT2D eigenvalue weighted by atomic mass is 9.84. The van der Waals surface area contributed by atoms with E-state index < -0.39 is 75.6 Å². The zero-order chi connectivity index (χ0) is 107. The molecule has 3 atom stereocenters. The Kier molecular flexibility index (Phi) is 31.8. The van der Waals surface area contributed by atoms with E-state index in [0.717, 1.165) is 94.7 Å². The third kappa shape index (κ3) is 21.4. The SMILES string of the molecule is Cc1c(F)cc2c(c1F)CCC(C)C2.Cc1cc2c(c(F)c1F)OC(C)CC2.Cc1cc2c(c(F)c1F)OC(C)CC2.Cc1cc2ccc3cc(C)c(F)c(F)c3c2c(F)c1F.Cc1ccc2c(F)c(C)c(F)cc2c1.Cc1ccc2c(c1F)COc1c-2ccc(C)c1F.Cc1ccc2c(c1F)COc1c-2ccc(C)c1F.Cc1ccc2c(ccc3c(F)c(C)ccc32)c1F.Cc1ccc2c(oc3c(F)c(C)ccc32)c1F. The molecule has 147 heavy (non-hydrogen) atoms. The number of hydrogen-bond donors (Lipinski definition) is 0. The first-order valence-corrected chi connectivity index (χ1v) is 47.8. The molecule has 762 valence electrons. The van der Waals surface area contributed by atoms with Gasteiger partial charge in [0.2, 0.25) is 11.6 Å². The first-order valence-electron chi connectivity index (χ1n) is 47.8. The number of ether oxygens (including phenoxy) is 4. The molecule has 3 unspecified atom stereocenters. The summed E-state index contributed by atoms with van der Waals surface area (Å²) in [6.07, 6.45) is 5.75. The van der Waals surface area contributed by atoms with Crippen LogP contribution in [0.3, 0.4) is 0 Å². The summed E-state index contributed by atoms with van der Waals surface area (Å²) in [6.45, 7) is 30.4. The van der Waals surface area contributed by atoms with Crippen LogP contribution in [0.4, 0.5) is 87.8 Å². The number of benzene rings is 17. The summed E-state index contributed by atoms with van der Waals surface area (Å²) in [5.41, 5.74) is 13.7. The topological polar surface area (TPSA) is 50.1 Å². The maximum Gasteiger partial charge on any atom is 0.201 e. The molecule has 0 saturated heterocycles. The minimum Gasteiger partial charge on any atom is -0.487 e. The molecule has 25 heteroatoms. The average molecular weight is 2030 g/mol. The van der Waals surface area contributed by atoms with Gasteiger partial charge < -0.3 is 23.4 Å². The van der Waals surface area contributed by atoms with Crippen molar-refractivity contribution in [3.63, 3.8) is 0 Å². The fraction of sp³-hybridized carbons (Fsp3) is 0.246. The van der Waals surface area contributed by atoms with E-state index in [1.54, 1.807) is 191 Å². The number of hydrogen-bond acceptors (Lipinski definition) is 5. The molecule has 0 saturated carbocycles. The Labute approximate surface area is 837 Å². The second-order valence-electron chi connectivity index (χ2n) is 38.3. The fourth-order valence-corrected chi connectivity index (χ4v) is 18.6. The van der Waals surface area contributed by atoms with Crippen LogP contribution in [-0.4, -0.2) is 12.2 Å². The van der Waals surface area contributed by atoms with Gasteiger partial charge in [-0.1, -0.05) is 152 Å². The minimum atomic E-state index is -1.15. The van der Waals surface area contributed by atoms with Crippen molar-refractivity contribution in [3.05, 3.63) is 409 Å². The van der Waals surface area contributed by atoms with Crippen LogP contribution in [0, 0.1) is 226 Å². The third-order valence-corrected chi connectivity index (χ3v) is 27.4. The molecule has 0 radical (unpaired) electrons. The van der Waals surface area contributed by atoms with Crippen LogP contribution in [0.15, 0.2) is 180 Å². The molecule has 5 heterocycles. The van der Waals surface area contributed by atoms with Crippen LogP contribution in [0.1, 0.15) is 157 Å². The van der Waals surface area contributed by atoms with Gasteiger partial charge in [-0.15, -0.1) is 0 Å². The molecule has 4 aliphatic heterocycles. The standard InChI is InChI=1S/C16H10F4.C16H12F2.2C15H12F2O.C14H10F2O.C12H14F2.C12H10F2.2C11H12F2O/c1-7-5-9-3-4-10-6-8(2)14(18)16(20)12(10)11(9)15(19)13(7)17;1-9-3-5-11-12-6-4-10(2)16(18)14(12)8-7-13(11)15(9)17;2*1-8-3-5-10-11-6-4-9(2)14(17)15(11)18-7-12(10)13(8)16;1-7-3-5-9-10-6-4-8(2)12(16)14(10)17-13(9)11(7)15;2*1-7-3-4-10-9(5-7)6-11(13)8(2)12(10)14;2*1-6-5-8-4-3-7(2)14-11(8)10(13)9(6)12/h3-6H,1-2H3;3-8H,1-2H3;2*3-6H,7H2,1-2H3;3-6H,1-2H3;6-7H,3-5H2,1-2H3;3-6H,1-2H3;2*5,7H,3-4H2,1-2H3. The lowest BCUT2D eigenvalue weighted by Gasteiger charge is -2.24. The zero-order valence-electron chi connectivity index (χ0n) is 83.9. The van der Waals surface area contributed by atoms with Gasteiger partial charge in [-0.2, -0.15) is 8.78 Å².